The lowest BCUT2D eigenvalue weighted by molar-refractivity contribution is -0.215. The van der Waals surface area contributed by atoms with E-state index in [1.165, 1.54) is 10.9 Å². The molecule has 194 valence electrons. The molecule has 4 atom stereocenters. The summed E-state index contributed by atoms with van der Waals surface area (Å²) in [6.45, 7) is -0.580. The van der Waals surface area contributed by atoms with Crippen LogP contribution in [-0.4, -0.2) is 55.5 Å². The number of rotatable bonds is 9. The summed E-state index contributed by atoms with van der Waals surface area (Å²) < 4.78 is 48.3. The van der Waals surface area contributed by atoms with Gasteiger partial charge in [-0.15, -0.1) is 0 Å². The minimum atomic E-state index is -3.10. The Labute approximate surface area is 209 Å². The molecule has 0 bridgehead atoms. The fourth-order valence-corrected chi connectivity index (χ4v) is 4.41. The van der Waals surface area contributed by atoms with Crippen molar-refractivity contribution < 1.29 is 28.1 Å². The second kappa shape index (κ2) is 10.3. The van der Waals surface area contributed by atoms with Crippen molar-refractivity contribution in [2.45, 2.75) is 43.7 Å². The third kappa shape index (κ3) is 4.83. The van der Waals surface area contributed by atoms with Gasteiger partial charge in [-0.1, -0.05) is 60.7 Å². The number of halogens is 2. The van der Waals surface area contributed by atoms with E-state index in [2.05, 4.69) is 15.0 Å². The van der Waals surface area contributed by atoms with Crippen molar-refractivity contribution in [1.29, 1.82) is 0 Å². The van der Waals surface area contributed by atoms with Crippen LogP contribution in [-0.2, 0) is 27.4 Å². The molecule has 0 unspecified atom stereocenters. The van der Waals surface area contributed by atoms with Gasteiger partial charge in [0.1, 0.15) is 12.2 Å². The maximum atomic E-state index is 14.8. The first-order chi connectivity index (χ1) is 17.9. The number of nitrogen functional groups attached to an aromatic ring is 1. The van der Waals surface area contributed by atoms with Crippen LogP contribution in [0.3, 0.4) is 0 Å². The summed E-state index contributed by atoms with van der Waals surface area (Å²) in [5, 5.41) is 11.3. The Kier molecular flexibility index (Phi) is 6.98. The highest BCUT2D eigenvalue weighted by Crippen LogP contribution is 2.44. The van der Waals surface area contributed by atoms with Crippen LogP contribution in [0.4, 0.5) is 14.7 Å². The lowest BCUT2D eigenvalue weighted by Crippen LogP contribution is -2.53. The molecule has 1 aliphatic rings. The first-order valence-electron chi connectivity index (χ1n) is 11.5. The van der Waals surface area contributed by atoms with Crippen LogP contribution < -0.4 is 11.3 Å². The Morgan fingerprint density at radius 3 is 2.41 bits per heavy atom. The van der Waals surface area contributed by atoms with E-state index in [9.17, 15) is 18.7 Å². The number of nitrogens with one attached hydrogen (secondary N) is 1. The highest BCUT2D eigenvalue weighted by atomic mass is 19.3. The van der Waals surface area contributed by atoms with Crippen LogP contribution in [0.15, 0.2) is 71.8 Å². The fourth-order valence-electron chi connectivity index (χ4n) is 4.41. The number of aliphatic hydroxyl groups is 1. The monoisotopic (exact) mass is 513 g/mol. The summed E-state index contributed by atoms with van der Waals surface area (Å²) in [7, 11) is 0. The molecule has 2 aromatic heterocycles. The summed E-state index contributed by atoms with van der Waals surface area (Å²) in [5.41, 5.74) is 4.12. The molecule has 4 aromatic rings. The van der Waals surface area contributed by atoms with E-state index in [0.29, 0.717) is 0 Å². The van der Waals surface area contributed by atoms with Crippen LogP contribution in [0.25, 0.3) is 11.2 Å². The molecule has 1 aliphatic heterocycles. The van der Waals surface area contributed by atoms with Crippen molar-refractivity contribution in [1.82, 2.24) is 19.5 Å². The maximum Gasteiger partial charge on any atom is 0.280 e. The second-order valence-corrected chi connectivity index (χ2v) is 8.73. The molecule has 1 fully saturated rings. The summed E-state index contributed by atoms with van der Waals surface area (Å²) in [4.78, 5) is 22.6. The lowest BCUT2D eigenvalue weighted by Gasteiger charge is -2.33. The van der Waals surface area contributed by atoms with E-state index < -0.39 is 42.6 Å². The van der Waals surface area contributed by atoms with Gasteiger partial charge >= 0.3 is 0 Å². The Morgan fingerprint density at radius 1 is 1.11 bits per heavy atom. The molecule has 2 aromatic carbocycles. The fraction of sp³-hybridized carbons (Fsp3) is 0.320. The Bertz CT molecular complexity index is 1400. The molecule has 5 rings (SSSR count). The van der Waals surface area contributed by atoms with Crippen molar-refractivity contribution >= 4 is 17.1 Å². The lowest BCUT2D eigenvalue weighted by atomic mass is 9.96. The zero-order chi connectivity index (χ0) is 26.0. The van der Waals surface area contributed by atoms with E-state index in [0.717, 1.165) is 11.1 Å². The average Bonchev–Trinajstić information content (AvgIpc) is 3.43. The third-order valence-electron chi connectivity index (χ3n) is 6.23. The predicted molar refractivity (Wildman–Crippen MR) is 129 cm³/mol. The summed E-state index contributed by atoms with van der Waals surface area (Å²) >= 11 is 0. The zero-order valence-corrected chi connectivity index (χ0v) is 19.5. The number of aromatic amines is 1. The number of benzene rings is 2. The van der Waals surface area contributed by atoms with Gasteiger partial charge in [-0.3, -0.25) is 14.3 Å². The number of aliphatic hydroxyl groups excluding tert-OH is 1. The molecule has 3 heterocycles. The van der Waals surface area contributed by atoms with Gasteiger partial charge in [-0.05, 0) is 11.1 Å². The average molecular weight is 514 g/mol. The van der Waals surface area contributed by atoms with Crippen LogP contribution in [0.2, 0.25) is 0 Å². The van der Waals surface area contributed by atoms with Crippen LogP contribution >= 0.6 is 0 Å². The van der Waals surface area contributed by atoms with Crippen molar-refractivity contribution in [2.75, 3.05) is 12.3 Å². The Morgan fingerprint density at radius 2 is 1.76 bits per heavy atom. The number of hydrogen-bond donors (Lipinski definition) is 3. The van der Waals surface area contributed by atoms with Gasteiger partial charge in [-0.2, -0.15) is 4.98 Å². The molecule has 0 amide bonds. The molecule has 0 spiro atoms. The van der Waals surface area contributed by atoms with Crippen molar-refractivity contribution in [3.8, 4) is 0 Å². The van der Waals surface area contributed by atoms with Crippen LogP contribution in [0, 0.1) is 0 Å². The minimum Gasteiger partial charge on any atom is -0.386 e. The zero-order valence-electron chi connectivity index (χ0n) is 19.5. The van der Waals surface area contributed by atoms with E-state index >= 15 is 0 Å². The smallest absolute Gasteiger partial charge is 0.280 e. The summed E-state index contributed by atoms with van der Waals surface area (Å²) in [6, 6.07) is 18.0. The number of nitrogens with zero attached hydrogens (tertiary/aromatic N) is 3. The molecule has 4 N–H and O–H groups in total. The van der Waals surface area contributed by atoms with Gasteiger partial charge in [0, 0.05) is 0 Å². The van der Waals surface area contributed by atoms with Crippen molar-refractivity contribution in [2.24, 2.45) is 0 Å². The topological polar surface area (TPSA) is 138 Å². The number of imidazole rings is 1. The number of nitrogens with two attached hydrogens (primary N) is 1. The standard InChI is InChI=1S/C25H25F2N5O5/c26-23(27)25(13-35-11-15-7-3-1-4-8-15)19(36-12-16-9-5-2-6-10-16)18(33)22(37-25)32-14-29-17-20(32)30-24(28)31-21(17)34/h1-10,14,18-19,22-23,33H,11-13H2,(H3,28,30,31,34)/t18-,19-,22+,25+/m0/s1. The quantitative estimate of drug-likeness (QED) is 0.310. The normalized spacial score (nSPS) is 23.7. The number of anilines is 1. The number of fused-ring (bicyclic) bond motifs is 1. The third-order valence-corrected chi connectivity index (χ3v) is 6.23. The molecule has 0 saturated carbocycles. The molecular weight excluding hydrogens is 488 g/mol. The Hall–Kier alpha value is -3.71. The largest absolute Gasteiger partial charge is 0.386 e. The number of hydrogen-bond acceptors (Lipinski definition) is 8. The molecule has 0 aliphatic carbocycles. The number of ether oxygens (including phenoxy) is 3. The van der Waals surface area contributed by atoms with E-state index in [-0.39, 0.29) is 30.3 Å². The highest BCUT2D eigenvalue weighted by molar-refractivity contribution is 5.70. The summed E-state index contributed by atoms with van der Waals surface area (Å²) in [6.07, 6.45) is -6.40. The molecule has 1 saturated heterocycles. The van der Waals surface area contributed by atoms with Gasteiger partial charge in [0.2, 0.25) is 5.95 Å². The summed E-state index contributed by atoms with van der Waals surface area (Å²) in [5.74, 6) is -0.199. The minimum absolute atomic E-state index is 0.0256. The molecule has 10 nitrogen and oxygen atoms in total. The van der Waals surface area contributed by atoms with Gasteiger partial charge < -0.3 is 25.1 Å². The number of aromatic nitrogens is 4. The first-order valence-corrected chi connectivity index (χ1v) is 11.5. The van der Waals surface area contributed by atoms with E-state index in [4.69, 9.17) is 19.9 Å². The predicted octanol–water partition coefficient (Wildman–Crippen LogP) is 2.40. The van der Waals surface area contributed by atoms with E-state index in [1.54, 1.807) is 36.4 Å². The van der Waals surface area contributed by atoms with Crippen LogP contribution in [0.1, 0.15) is 17.4 Å². The maximum absolute atomic E-state index is 14.8. The van der Waals surface area contributed by atoms with Crippen LogP contribution in [0.5, 0.6) is 0 Å². The van der Waals surface area contributed by atoms with Crippen molar-refractivity contribution in [3.63, 3.8) is 0 Å². The highest BCUT2D eigenvalue weighted by Gasteiger charge is 2.62. The molecule has 12 heteroatoms. The van der Waals surface area contributed by atoms with Gasteiger partial charge in [0.15, 0.2) is 23.0 Å². The number of H-pyrrole nitrogens is 1. The molecule has 0 radical (unpaired) electrons. The van der Waals surface area contributed by atoms with Gasteiger partial charge in [0.05, 0.1) is 26.1 Å². The van der Waals surface area contributed by atoms with Gasteiger partial charge in [-0.25, -0.2) is 13.8 Å². The SMILES string of the molecule is Nc1nc2c(ncn2[C@@H]2O[C@@](COCc3ccccc3)(C(F)F)[C@@H](OCc3ccccc3)[C@@H]2O)c(=O)[nH]1. The van der Waals surface area contributed by atoms with Gasteiger partial charge in [0.25, 0.3) is 12.0 Å². The number of alkyl halides is 2. The van der Waals surface area contributed by atoms with Crippen molar-refractivity contribution in [3.05, 3.63) is 88.5 Å². The van der Waals surface area contributed by atoms with E-state index in [1.807, 2.05) is 24.3 Å². The second-order valence-electron chi connectivity index (χ2n) is 8.73. The Balaban J connectivity index is 1.48. The molecule has 37 heavy (non-hydrogen) atoms. The first kappa shape index (κ1) is 25.0. The molecular formula is C25H25F2N5O5.